The third-order valence-corrected chi connectivity index (χ3v) is 6.02. The molecule has 1 aliphatic rings. The topological polar surface area (TPSA) is 124 Å². The van der Waals surface area contributed by atoms with Gasteiger partial charge in [0.25, 0.3) is 0 Å². The van der Waals surface area contributed by atoms with Crippen LogP contribution in [0.15, 0.2) is 47.0 Å². The van der Waals surface area contributed by atoms with Crippen molar-refractivity contribution >= 4 is 40.6 Å². The van der Waals surface area contributed by atoms with Gasteiger partial charge in [-0.3, -0.25) is 5.41 Å². The van der Waals surface area contributed by atoms with E-state index in [1.807, 2.05) is 24.3 Å². The Hall–Kier alpha value is -2.84. The van der Waals surface area contributed by atoms with Crippen molar-refractivity contribution in [2.45, 2.75) is 24.7 Å². The quantitative estimate of drug-likeness (QED) is 0.386. The number of aliphatic imine (C=N–C) groups is 1. The van der Waals surface area contributed by atoms with Gasteiger partial charge in [-0.15, -0.1) is 16.3 Å². The van der Waals surface area contributed by atoms with Crippen molar-refractivity contribution < 1.29 is 5.11 Å². The second-order valence-corrected chi connectivity index (χ2v) is 8.08. The average Bonchev–Trinajstić information content (AvgIpc) is 3.09. The lowest BCUT2D eigenvalue weighted by Gasteiger charge is -2.41. The molecule has 2 heterocycles. The van der Waals surface area contributed by atoms with E-state index in [1.165, 1.54) is 11.3 Å². The normalized spacial score (nSPS) is 15.8. The fourth-order valence-electron chi connectivity index (χ4n) is 3.30. The molecule has 9 heteroatoms. The molecule has 5 N–H and O–H groups in total. The maximum absolute atomic E-state index is 8.56. The lowest BCUT2D eigenvalue weighted by molar-refractivity contribution is 0.336. The molecule has 0 aliphatic heterocycles. The molecule has 0 unspecified atom stereocenters. The number of rotatable bonds is 4. The van der Waals surface area contributed by atoms with Crippen LogP contribution in [0.5, 0.6) is 0 Å². The maximum Gasteiger partial charge on any atom is 0.386 e. The molecule has 1 fully saturated rings. The number of nitrogens with two attached hydrogens (primary N) is 1. The van der Waals surface area contributed by atoms with E-state index in [2.05, 4.69) is 19.9 Å². The number of hydrogen-bond donors (Lipinski definition) is 2. The highest BCUT2D eigenvalue weighted by Crippen LogP contribution is 2.45. The minimum Gasteiger partial charge on any atom is -0.577 e. The van der Waals surface area contributed by atoms with Crippen LogP contribution in [0.1, 0.15) is 30.5 Å². The smallest absolute Gasteiger partial charge is 0.386 e. The third kappa shape index (κ3) is 3.36. The van der Waals surface area contributed by atoms with Crippen LogP contribution in [0.3, 0.4) is 0 Å². The predicted molar refractivity (Wildman–Crippen MR) is 112 cm³/mol. The number of anilines is 1. The van der Waals surface area contributed by atoms with E-state index >= 15 is 0 Å². The number of amidine groups is 1. The highest BCUT2D eigenvalue weighted by molar-refractivity contribution is 7.14. The van der Waals surface area contributed by atoms with Crippen LogP contribution < -0.4 is 5.73 Å². The van der Waals surface area contributed by atoms with E-state index in [9.17, 15) is 0 Å². The van der Waals surface area contributed by atoms with Gasteiger partial charge in [-0.1, -0.05) is 42.3 Å². The van der Waals surface area contributed by atoms with Gasteiger partial charge in [0.1, 0.15) is 5.84 Å². The fraction of sp³-hybridized carbons (Fsp3) is 0.211. The highest BCUT2D eigenvalue weighted by Gasteiger charge is 2.43. The molecule has 28 heavy (non-hydrogen) atoms. The van der Waals surface area contributed by atoms with E-state index < -0.39 is 5.41 Å². The summed E-state index contributed by atoms with van der Waals surface area (Å²) >= 11 is 7.09. The SMILES string of the molecule is N=C(N=C([OH2+])c1csc(Cl)n1)C1(c2ccc(-c3cnc(N)nc3)cc2)CCC1. The van der Waals surface area contributed by atoms with Gasteiger partial charge in [0.15, 0.2) is 10.2 Å². The summed E-state index contributed by atoms with van der Waals surface area (Å²) in [5, 5.41) is 18.4. The number of nitrogen functional groups attached to an aromatic ring is 1. The molecule has 1 aromatic carbocycles. The molecular formula is C19H18ClN6OS+. The molecule has 2 aromatic heterocycles. The van der Waals surface area contributed by atoms with Crippen LogP contribution in [0.4, 0.5) is 5.95 Å². The zero-order chi connectivity index (χ0) is 19.7. The van der Waals surface area contributed by atoms with Crippen LogP contribution in [-0.4, -0.2) is 31.8 Å². The van der Waals surface area contributed by atoms with Crippen molar-refractivity contribution in [1.82, 2.24) is 15.0 Å². The summed E-state index contributed by atoms with van der Waals surface area (Å²) in [4.78, 5) is 16.4. The van der Waals surface area contributed by atoms with Crippen LogP contribution >= 0.6 is 22.9 Å². The van der Waals surface area contributed by atoms with Crippen LogP contribution in [0.2, 0.25) is 4.47 Å². The zero-order valence-corrected chi connectivity index (χ0v) is 16.4. The molecule has 1 aliphatic carbocycles. The summed E-state index contributed by atoms with van der Waals surface area (Å²) in [6.07, 6.45) is 6.08. The summed E-state index contributed by atoms with van der Waals surface area (Å²) in [5.74, 6) is 0.402. The van der Waals surface area contributed by atoms with E-state index in [0.717, 1.165) is 36.0 Å². The Bertz CT molecular complexity index is 1040. The lowest BCUT2D eigenvalue weighted by atomic mass is 9.63. The van der Waals surface area contributed by atoms with Crippen LogP contribution in [0, 0.1) is 5.41 Å². The van der Waals surface area contributed by atoms with Gasteiger partial charge in [0.2, 0.25) is 5.95 Å². The highest BCUT2D eigenvalue weighted by atomic mass is 35.5. The number of hydrogen-bond acceptors (Lipinski definition) is 6. The van der Waals surface area contributed by atoms with Crippen LogP contribution in [-0.2, 0) is 5.41 Å². The van der Waals surface area contributed by atoms with Gasteiger partial charge in [-0.2, -0.15) is 0 Å². The summed E-state index contributed by atoms with van der Waals surface area (Å²) in [6, 6.07) is 8.00. The summed E-state index contributed by atoms with van der Waals surface area (Å²) in [5.41, 5.74) is 8.37. The van der Waals surface area contributed by atoms with Crippen molar-refractivity contribution in [2.24, 2.45) is 4.99 Å². The minimum absolute atomic E-state index is 0.0323. The molecule has 0 bridgehead atoms. The monoisotopic (exact) mass is 413 g/mol. The van der Waals surface area contributed by atoms with Gasteiger partial charge in [-0.25, -0.2) is 15.0 Å². The molecular weight excluding hydrogens is 396 g/mol. The van der Waals surface area contributed by atoms with E-state index in [0.29, 0.717) is 10.2 Å². The van der Waals surface area contributed by atoms with Gasteiger partial charge in [-0.05, 0) is 24.0 Å². The Morgan fingerprint density at radius 1 is 1.18 bits per heavy atom. The Morgan fingerprint density at radius 2 is 1.86 bits per heavy atom. The third-order valence-electron chi connectivity index (χ3n) is 5.05. The zero-order valence-electron chi connectivity index (χ0n) is 14.8. The van der Waals surface area contributed by atoms with Crippen LogP contribution in [0.25, 0.3) is 11.1 Å². The van der Waals surface area contributed by atoms with Crippen molar-refractivity contribution in [3.63, 3.8) is 0 Å². The minimum atomic E-state index is -0.456. The lowest BCUT2D eigenvalue weighted by Crippen LogP contribution is -2.41. The number of thiazole rings is 1. The maximum atomic E-state index is 8.56. The molecule has 0 amide bonds. The standard InChI is InChI=1S/C19H17ClN6OS/c20-17-25-14(10-28-17)15(27)26-16(21)19(6-1-7-19)13-4-2-11(3-5-13)12-8-23-18(22)24-9-12/h2-5,8-10H,1,6-7H2,(H2,21,26,27)(H2,22,23,24)/p+1. The predicted octanol–water partition coefficient (Wildman–Crippen LogP) is 3.41. The largest absolute Gasteiger partial charge is 0.577 e. The Labute approximate surface area is 170 Å². The molecule has 4 rings (SSSR count). The van der Waals surface area contributed by atoms with Gasteiger partial charge in [0.05, 0.1) is 5.41 Å². The van der Waals surface area contributed by atoms with E-state index in [4.69, 9.17) is 27.9 Å². The van der Waals surface area contributed by atoms with Gasteiger partial charge in [0, 0.05) is 23.3 Å². The van der Waals surface area contributed by atoms with Crippen molar-refractivity contribution in [3.8, 4) is 11.1 Å². The number of nitrogens with one attached hydrogen (secondary N) is 1. The molecule has 7 nitrogen and oxygen atoms in total. The Morgan fingerprint density at radius 3 is 2.39 bits per heavy atom. The molecule has 142 valence electrons. The first-order valence-electron chi connectivity index (χ1n) is 8.67. The fourth-order valence-corrected chi connectivity index (χ4v) is 4.05. The molecule has 0 saturated heterocycles. The first-order valence-corrected chi connectivity index (χ1v) is 9.93. The van der Waals surface area contributed by atoms with Gasteiger partial charge >= 0.3 is 5.90 Å². The van der Waals surface area contributed by atoms with Crippen molar-refractivity contribution in [1.29, 1.82) is 5.41 Å². The molecule has 0 spiro atoms. The number of nitrogens with zero attached hydrogens (tertiary/aromatic N) is 4. The molecule has 0 atom stereocenters. The summed E-state index contributed by atoms with van der Waals surface area (Å²) in [6.45, 7) is 0. The number of aromatic nitrogens is 3. The first-order chi connectivity index (χ1) is 13.5. The van der Waals surface area contributed by atoms with Crippen molar-refractivity contribution in [2.75, 3.05) is 5.73 Å². The summed E-state index contributed by atoms with van der Waals surface area (Å²) < 4.78 is 0.363. The Balaban J connectivity index is 1.60. The number of benzene rings is 1. The van der Waals surface area contributed by atoms with E-state index in [1.54, 1.807) is 17.8 Å². The van der Waals surface area contributed by atoms with Crippen molar-refractivity contribution in [3.05, 3.63) is 57.8 Å². The second kappa shape index (κ2) is 7.29. The Kier molecular flexibility index (Phi) is 4.82. The number of halogens is 1. The summed E-state index contributed by atoms with van der Waals surface area (Å²) in [7, 11) is 0. The van der Waals surface area contributed by atoms with E-state index in [-0.39, 0.29) is 17.7 Å². The molecule has 0 radical (unpaired) electrons. The molecule has 1 saturated carbocycles. The molecule has 3 aromatic rings. The second-order valence-electron chi connectivity index (χ2n) is 6.64. The first kappa shape index (κ1) is 18.5. The van der Waals surface area contributed by atoms with Gasteiger partial charge < -0.3 is 10.8 Å². The average molecular weight is 414 g/mol.